The zero-order valence-corrected chi connectivity index (χ0v) is 32.0. The van der Waals surface area contributed by atoms with Gasteiger partial charge in [0.2, 0.25) is 0 Å². The van der Waals surface area contributed by atoms with Crippen LogP contribution in [-0.2, 0) is 18.9 Å². The van der Waals surface area contributed by atoms with Crippen molar-refractivity contribution in [3.05, 3.63) is 0 Å². The quantitative estimate of drug-likeness (QED) is 0.0471. The van der Waals surface area contributed by atoms with E-state index >= 15 is 0 Å². The number of hydrogen-bond donors (Lipinski definition) is 7. The number of ether oxygens (including phenoxy) is 4. The summed E-state index contributed by atoms with van der Waals surface area (Å²) in [6.45, 7) is 4.48. The van der Waals surface area contributed by atoms with Crippen LogP contribution in [0.15, 0.2) is 0 Å². The number of rotatable bonds is 32. The fourth-order valence-electron chi connectivity index (χ4n) is 7.71. The SMILES string of the molecule is CCCCCCCCCCCCCC[C@@H](O)[C@@H](O)[C@H](COC1OC(CO)C(O)C(O)C1O)NC1(CCCCCCCCCCC2COC2)COC1. The fraction of sp³-hybridized carbons (Fsp3) is 1.00. The van der Waals surface area contributed by atoms with E-state index in [1.54, 1.807) is 0 Å². The summed E-state index contributed by atoms with van der Waals surface area (Å²) in [6, 6.07) is -0.694. The molecule has 0 aliphatic carbocycles. The molecule has 0 aromatic heterocycles. The predicted molar refractivity (Wildman–Crippen MR) is 198 cm³/mol. The highest BCUT2D eigenvalue weighted by Crippen LogP contribution is 2.28. The number of nitrogens with one attached hydrogen (secondary N) is 1. The Morgan fingerprint density at radius 3 is 1.75 bits per heavy atom. The van der Waals surface area contributed by atoms with Gasteiger partial charge in [0.05, 0.1) is 63.4 Å². The summed E-state index contributed by atoms with van der Waals surface area (Å²) >= 11 is 0. The zero-order valence-electron chi connectivity index (χ0n) is 32.0. The summed E-state index contributed by atoms with van der Waals surface area (Å²) in [7, 11) is 0. The maximum absolute atomic E-state index is 11.4. The lowest BCUT2D eigenvalue weighted by Gasteiger charge is -2.46. The average molecular weight is 732 g/mol. The summed E-state index contributed by atoms with van der Waals surface area (Å²) in [6.07, 6.45) is 18.0. The predicted octanol–water partition coefficient (Wildman–Crippen LogP) is 4.89. The molecule has 0 spiro atoms. The molecule has 11 heteroatoms. The first-order chi connectivity index (χ1) is 24.8. The summed E-state index contributed by atoms with van der Waals surface area (Å²) in [5, 5.41) is 66.7. The lowest BCUT2D eigenvalue weighted by atomic mass is 9.87. The van der Waals surface area contributed by atoms with Crippen molar-refractivity contribution in [1.82, 2.24) is 5.32 Å². The van der Waals surface area contributed by atoms with E-state index in [4.69, 9.17) is 18.9 Å². The highest BCUT2D eigenvalue weighted by atomic mass is 16.7. The average Bonchev–Trinajstić information content (AvgIpc) is 3.09. The van der Waals surface area contributed by atoms with E-state index in [0.717, 1.165) is 57.7 Å². The van der Waals surface area contributed by atoms with Crippen molar-refractivity contribution in [1.29, 1.82) is 0 Å². The highest BCUT2D eigenvalue weighted by molar-refractivity contribution is 4.99. The Labute approximate surface area is 309 Å². The zero-order chi connectivity index (χ0) is 36.7. The molecule has 5 unspecified atom stereocenters. The van der Waals surface area contributed by atoms with Crippen molar-refractivity contribution < 1.29 is 49.6 Å². The Morgan fingerprint density at radius 1 is 0.686 bits per heavy atom. The number of aliphatic hydroxyl groups excluding tert-OH is 6. The summed E-state index contributed by atoms with van der Waals surface area (Å²) in [5.74, 6) is 0.795. The molecule has 3 aliphatic rings. The Hall–Kier alpha value is -0.440. The number of unbranched alkanes of at least 4 members (excludes halogenated alkanes) is 18. The lowest BCUT2D eigenvalue weighted by Crippen LogP contribution is -2.67. The first-order valence-electron chi connectivity index (χ1n) is 21.0. The molecule has 0 bridgehead atoms. The second-order valence-corrected chi connectivity index (χ2v) is 16.1. The van der Waals surface area contributed by atoms with E-state index in [1.165, 1.54) is 103 Å². The molecule has 7 N–H and O–H groups in total. The second-order valence-electron chi connectivity index (χ2n) is 16.1. The molecule has 0 radical (unpaired) electrons. The topological polar surface area (TPSA) is 170 Å². The Balaban J connectivity index is 1.41. The van der Waals surface area contributed by atoms with Crippen LogP contribution in [0.2, 0.25) is 0 Å². The van der Waals surface area contributed by atoms with E-state index in [0.29, 0.717) is 19.6 Å². The number of hydrogen-bond acceptors (Lipinski definition) is 11. The third-order valence-electron chi connectivity index (χ3n) is 11.4. The summed E-state index contributed by atoms with van der Waals surface area (Å²) in [4.78, 5) is 0. The van der Waals surface area contributed by atoms with Crippen LogP contribution in [0.3, 0.4) is 0 Å². The first kappa shape index (κ1) is 45.0. The molecule has 3 saturated heterocycles. The van der Waals surface area contributed by atoms with E-state index in [-0.39, 0.29) is 12.1 Å². The van der Waals surface area contributed by atoms with E-state index in [9.17, 15) is 30.6 Å². The Kier molecular flexibility index (Phi) is 23.3. The van der Waals surface area contributed by atoms with Crippen LogP contribution in [0.4, 0.5) is 0 Å². The van der Waals surface area contributed by atoms with Crippen LogP contribution >= 0.6 is 0 Å². The molecule has 0 aromatic carbocycles. The van der Waals surface area contributed by atoms with Gasteiger partial charge in [0.25, 0.3) is 0 Å². The molecule has 3 aliphatic heterocycles. The van der Waals surface area contributed by atoms with Gasteiger partial charge in [-0.15, -0.1) is 0 Å². The molecular weight excluding hydrogens is 654 g/mol. The molecular formula is C40H77NO10. The summed E-state index contributed by atoms with van der Waals surface area (Å²) in [5.41, 5.74) is -0.356. The first-order valence-corrected chi connectivity index (χ1v) is 21.0. The summed E-state index contributed by atoms with van der Waals surface area (Å²) < 4.78 is 22.4. The van der Waals surface area contributed by atoms with E-state index in [1.807, 2.05) is 0 Å². The molecule has 3 heterocycles. The normalized spacial score (nSPS) is 26.8. The van der Waals surface area contributed by atoms with E-state index < -0.39 is 55.6 Å². The second kappa shape index (κ2) is 26.4. The molecule has 0 aromatic rings. The van der Waals surface area contributed by atoms with Crippen molar-refractivity contribution in [3.8, 4) is 0 Å². The molecule has 11 nitrogen and oxygen atoms in total. The fourth-order valence-corrected chi connectivity index (χ4v) is 7.71. The van der Waals surface area contributed by atoms with Gasteiger partial charge in [-0.2, -0.15) is 0 Å². The monoisotopic (exact) mass is 732 g/mol. The third kappa shape index (κ3) is 16.9. The van der Waals surface area contributed by atoms with Crippen LogP contribution in [-0.4, -0.2) is 125 Å². The molecule has 0 amide bonds. The van der Waals surface area contributed by atoms with Crippen LogP contribution in [0.1, 0.15) is 155 Å². The highest BCUT2D eigenvalue weighted by Gasteiger charge is 2.46. The Morgan fingerprint density at radius 2 is 1.24 bits per heavy atom. The van der Waals surface area contributed by atoms with Gasteiger partial charge in [0.1, 0.15) is 24.4 Å². The van der Waals surface area contributed by atoms with Gasteiger partial charge < -0.3 is 49.6 Å². The largest absolute Gasteiger partial charge is 0.394 e. The van der Waals surface area contributed by atoms with Crippen molar-refractivity contribution in [3.63, 3.8) is 0 Å². The van der Waals surface area contributed by atoms with Crippen molar-refractivity contribution in [2.24, 2.45) is 5.92 Å². The minimum atomic E-state index is -1.55. The molecule has 302 valence electrons. The standard InChI is InChI=1S/C40H77NO10/c1-2-3-4-5-6-7-8-9-10-14-17-20-23-33(43)35(44)32(28-50-39-38(47)37(46)36(45)34(25-42)51-39)41-40(29-49-30-40)24-21-18-15-12-11-13-16-19-22-31-26-48-27-31/h31-39,41-47H,2-30H2,1H3/t32-,33+,34?,35-,36?,37?,38?,39?/m0/s1. The minimum Gasteiger partial charge on any atom is -0.394 e. The molecule has 8 atom stereocenters. The van der Waals surface area contributed by atoms with Gasteiger partial charge in [-0.3, -0.25) is 5.32 Å². The van der Waals surface area contributed by atoms with Gasteiger partial charge >= 0.3 is 0 Å². The molecule has 3 rings (SSSR count). The lowest BCUT2D eigenvalue weighted by molar-refractivity contribution is -0.303. The maximum Gasteiger partial charge on any atom is 0.186 e. The van der Waals surface area contributed by atoms with Crippen molar-refractivity contribution in [2.45, 2.75) is 209 Å². The van der Waals surface area contributed by atoms with Crippen LogP contribution < -0.4 is 5.32 Å². The van der Waals surface area contributed by atoms with Gasteiger partial charge in [-0.25, -0.2) is 0 Å². The van der Waals surface area contributed by atoms with Crippen LogP contribution in [0.25, 0.3) is 0 Å². The molecule has 51 heavy (non-hydrogen) atoms. The smallest absolute Gasteiger partial charge is 0.186 e. The van der Waals surface area contributed by atoms with Crippen LogP contribution in [0, 0.1) is 5.92 Å². The molecule has 3 fully saturated rings. The van der Waals surface area contributed by atoms with E-state index in [2.05, 4.69) is 12.2 Å². The van der Waals surface area contributed by atoms with Crippen molar-refractivity contribution >= 4 is 0 Å². The van der Waals surface area contributed by atoms with Crippen molar-refractivity contribution in [2.75, 3.05) is 39.6 Å². The maximum atomic E-state index is 11.4. The molecule has 0 saturated carbocycles. The Bertz CT molecular complexity index is 844. The van der Waals surface area contributed by atoms with Crippen LogP contribution in [0.5, 0.6) is 0 Å². The van der Waals surface area contributed by atoms with Gasteiger partial charge in [-0.1, -0.05) is 135 Å². The van der Waals surface area contributed by atoms with Gasteiger partial charge in [0, 0.05) is 5.92 Å². The minimum absolute atomic E-state index is 0.116. The van der Waals surface area contributed by atoms with Gasteiger partial charge in [-0.05, 0) is 19.3 Å². The third-order valence-corrected chi connectivity index (χ3v) is 11.4. The number of aliphatic hydroxyl groups is 6. The van der Waals surface area contributed by atoms with Gasteiger partial charge in [0.15, 0.2) is 6.29 Å².